The Morgan fingerprint density at radius 2 is 1.89 bits per heavy atom. The lowest BCUT2D eigenvalue weighted by molar-refractivity contribution is 0.415. The molecule has 2 aromatic rings. The predicted molar refractivity (Wildman–Crippen MR) is 76.3 cm³/mol. The van der Waals surface area contributed by atoms with E-state index >= 15 is 0 Å². The molecule has 0 amide bonds. The molecular weight excluding hydrogens is 246 g/mol. The first-order chi connectivity index (χ1) is 8.69. The van der Waals surface area contributed by atoms with Gasteiger partial charge < -0.3 is 4.74 Å². The molecule has 96 valence electrons. The molecule has 0 heterocycles. The van der Waals surface area contributed by atoms with Gasteiger partial charge in [0.1, 0.15) is 5.75 Å². The molecule has 0 fully saturated rings. The van der Waals surface area contributed by atoms with Crippen LogP contribution >= 0.6 is 0 Å². The van der Waals surface area contributed by atoms with E-state index in [0.717, 1.165) is 18.7 Å². The minimum absolute atomic E-state index is 0.727. The highest BCUT2D eigenvalue weighted by atomic mass is 32.2. The summed E-state index contributed by atoms with van der Waals surface area (Å²) in [5.41, 5.74) is 1.24. The molecule has 2 rings (SSSR count). The fraction of sp³-hybridized carbons (Fsp3) is 0.286. The van der Waals surface area contributed by atoms with E-state index in [1.54, 1.807) is 13.4 Å². The van der Waals surface area contributed by atoms with E-state index < -0.39 is 11.0 Å². The number of hydrogen-bond acceptors (Lipinski definition) is 2. The standard InChI is InChI=1S/C14H17NO2S/c1-17-14-6-5-12-9-11(3-4-13(12)10-14)7-8-15-18(2)16/h3-6,9-10,15H,7-8H2,1-2H3. The normalized spacial score (nSPS) is 12.6. The molecule has 1 unspecified atom stereocenters. The predicted octanol–water partition coefficient (Wildman–Crippen LogP) is 2.27. The van der Waals surface area contributed by atoms with Crippen molar-refractivity contribution >= 4 is 21.8 Å². The van der Waals surface area contributed by atoms with Crippen LogP contribution in [0.15, 0.2) is 36.4 Å². The minimum atomic E-state index is -0.937. The summed E-state index contributed by atoms with van der Waals surface area (Å²) in [7, 11) is 0.735. The number of hydrogen-bond donors (Lipinski definition) is 1. The fourth-order valence-corrected chi connectivity index (χ4v) is 2.28. The highest BCUT2D eigenvalue weighted by Crippen LogP contribution is 2.21. The topological polar surface area (TPSA) is 38.3 Å². The van der Waals surface area contributed by atoms with Crippen LogP contribution < -0.4 is 9.46 Å². The van der Waals surface area contributed by atoms with Gasteiger partial charge >= 0.3 is 0 Å². The van der Waals surface area contributed by atoms with Crippen LogP contribution in [0.25, 0.3) is 10.8 Å². The quantitative estimate of drug-likeness (QED) is 0.898. The van der Waals surface area contributed by atoms with Gasteiger partial charge in [-0.2, -0.15) is 0 Å². The first-order valence-electron chi connectivity index (χ1n) is 5.82. The van der Waals surface area contributed by atoms with Gasteiger partial charge in [-0.05, 0) is 34.9 Å². The molecule has 0 radical (unpaired) electrons. The second-order valence-corrected chi connectivity index (χ2v) is 5.34. The van der Waals surface area contributed by atoms with Crippen LogP contribution in [0.2, 0.25) is 0 Å². The Bertz CT molecular complexity index is 569. The molecule has 0 aliphatic carbocycles. The molecule has 0 aliphatic heterocycles. The van der Waals surface area contributed by atoms with E-state index in [9.17, 15) is 4.21 Å². The summed E-state index contributed by atoms with van der Waals surface area (Å²) in [6, 6.07) is 12.4. The molecule has 0 bridgehead atoms. The molecule has 1 N–H and O–H groups in total. The molecule has 3 nitrogen and oxygen atoms in total. The van der Waals surface area contributed by atoms with Crippen LogP contribution in [0.3, 0.4) is 0 Å². The van der Waals surface area contributed by atoms with Gasteiger partial charge in [0.05, 0.1) is 18.1 Å². The lowest BCUT2D eigenvalue weighted by Crippen LogP contribution is -2.18. The summed E-state index contributed by atoms with van der Waals surface area (Å²) in [6.45, 7) is 0.727. The van der Waals surface area contributed by atoms with Crippen molar-refractivity contribution in [3.63, 3.8) is 0 Å². The molecule has 1 atom stereocenters. The third-order valence-electron chi connectivity index (χ3n) is 2.83. The first-order valence-corrected chi connectivity index (χ1v) is 7.38. The van der Waals surface area contributed by atoms with Crippen molar-refractivity contribution in [2.24, 2.45) is 0 Å². The third-order valence-corrected chi connectivity index (χ3v) is 3.44. The van der Waals surface area contributed by atoms with Crippen LogP contribution in [0, 0.1) is 0 Å². The van der Waals surface area contributed by atoms with Gasteiger partial charge in [0, 0.05) is 12.8 Å². The van der Waals surface area contributed by atoms with E-state index in [2.05, 4.69) is 29.0 Å². The van der Waals surface area contributed by atoms with Gasteiger partial charge in [0.25, 0.3) is 0 Å². The number of fused-ring (bicyclic) bond motifs is 1. The summed E-state index contributed by atoms with van der Waals surface area (Å²) < 4.78 is 19.0. The molecule has 0 aromatic heterocycles. The fourth-order valence-electron chi connectivity index (χ4n) is 1.89. The number of methoxy groups -OCH3 is 1. The van der Waals surface area contributed by atoms with Gasteiger partial charge in [-0.15, -0.1) is 0 Å². The zero-order chi connectivity index (χ0) is 13.0. The smallest absolute Gasteiger partial charge is 0.119 e. The molecule has 2 aromatic carbocycles. The Kier molecular flexibility index (Phi) is 4.33. The number of rotatable bonds is 5. The lowest BCUT2D eigenvalue weighted by atomic mass is 10.0. The largest absolute Gasteiger partial charge is 0.497 e. The Morgan fingerprint density at radius 3 is 2.61 bits per heavy atom. The number of nitrogens with one attached hydrogen (secondary N) is 1. The number of benzene rings is 2. The second-order valence-electron chi connectivity index (χ2n) is 4.15. The second kappa shape index (κ2) is 5.98. The van der Waals surface area contributed by atoms with Crippen molar-refractivity contribution < 1.29 is 8.95 Å². The zero-order valence-electron chi connectivity index (χ0n) is 10.6. The maximum absolute atomic E-state index is 10.9. The molecule has 0 saturated carbocycles. The van der Waals surface area contributed by atoms with Crippen molar-refractivity contribution in [2.75, 3.05) is 19.9 Å². The monoisotopic (exact) mass is 263 g/mol. The zero-order valence-corrected chi connectivity index (χ0v) is 11.4. The molecule has 0 spiro atoms. The van der Waals surface area contributed by atoms with Crippen molar-refractivity contribution in [2.45, 2.75) is 6.42 Å². The number of ether oxygens (including phenoxy) is 1. The van der Waals surface area contributed by atoms with Crippen molar-refractivity contribution in [3.05, 3.63) is 42.0 Å². The highest BCUT2D eigenvalue weighted by molar-refractivity contribution is 7.82. The van der Waals surface area contributed by atoms with E-state index in [0.29, 0.717) is 0 Å². The molecular formula is C14H17NO2S. The van der Waals surface area contributed by atoms with E-state index in [4.69, 9.17) is 4.74 Å². The van der Waals surface area contributed by atoms with Crippen LogP contribution in [0.1, 0.15) is 5.56 Å². The van der Waals surface area contributed by atoms with Gasteiger partial charge in [-0.3, -0.25) is 0 Å². The van der Waals surface area contributed by atoms with Crippen molar-refractivity contribution in [3.8, 4) is 5.75 Å². The maximum Gasteiger partial charge on any atom is 0.119 e. The van der Waals surface area contributed by atoms with Crippen molar-refractivity contribution in [1.29, 1.82) is 0 Å². The van der Waals surface area contributed by atoms with E-state index in [1.165, 1.54) is 16.3 Å². The average molecular weight is 263 g/mol. The van der Waals surface area contributed by atoms with Crippen LogP contribution in [-0.2, 0) is 17.4 Å². The third kappa shape index (κ3) is 3.31. The Hall–Kier alpha value is -1.39. The van der Waals surface area contributed by atoms with E-state index in [1.807, 2.05) is 12.1 Å². The van der Waals surface area contributed by atoms with Gasteiger partial charge in [-0.1, -0.05) is 24.3 Å². The van der Waals surface area contributed by atoms with E-state index in [-0.39, 0.29) is 0 Å². The molecule has 18 heavy (non-hydrogen) atoms. The first kappa shape index (κ1) is 13.1. The maximum atomic E-state index is 10.9. The molecule has 4 heteroatoms. The van der Waals surface area contributed by atoms with Gasteiger partial charge in [0.2, 0.25) is 0 Å². The summed E-state index contributed by atoms with van der Waals surface area (Å²) in [5.74, 6) is 0.873. The summed E-state index contributed by atoms with van der Waals surface area (Å²) in [5, 5.41) is 2.37. The highest BCUT2D eigenvalue weighted by Gasteiger charge is 1.99. The Balaban J connectivity index is 2.15. The van der Waals surface area contributed by atoms with Crippen molar-refractivity contribution in [1.82, 2.24) is 4.72 Å². The van der Waals surface area contributed by atoms with Crippen LogP contribution in [0.4, 0.5) is 0 Å². The molecule has 0 aliphatic rings. The Labute approximate surface area is 110 Å². The minimum Gasteiger partial charge on any atom is -0.497 e. The lowest BCUT2D eigenvalue weighted by Gasteiger charge is -2.06. The summed E-state index contributed by atoms with van der Waals surface area (Å²) in [4.78, 5) is 0. The average Bonchev–Trinajstić information content (AvgIpc) is 2.37. The molecule has 0 saturated heterocycles. The Morgan fingerprint density at radius 1 is 1.17 bits per heavy atom. The summed E-state index contributed by atoms with van der Waals surface area (Å²) in [6.07, 6.45) is 2.52. The van der Waals surface area contributed by atoms with Gasteiger partial charge in [0.15, 0.2) is 0 Å². The summed E-state index contributed by atoms with van der Waals surface area (Å²) >= 11 is 0. The van der Waals surface area contributed by atoms with Crippen LogP contribution in [-0.4, -0.2) is 24.1 Å². The SMILES string of the molecule is COc1ccc2cc(CCNS(C)=O)ccc2c1. The van der Waals surface area contributed by atoms with Gasteiger partial charge in [-0.25, -0.2) is 8.93 Å². The van der Waals surface area contributed by atoms with Crippen LogP contribution in [0.5, 0.6) is 5.75 Å².